The highest BCUT2D eigenvalue weighted by Gasteiger charge is 2.62. The molecule has 0 aromatic heterocycles. The first kappa shape index (κ1) is 19.0. The highest BCUT2D eigenvalue weighted by atomic mass is 16.3. The quantitative estimate of drug-likeness (QED) is 0.739. The van der Waals surface area contributed by atoms with E-state index in [1.54, 1.807) is 0 Å². The van der Waals surface area contributed by atoms with Crippen LogP contribution in [0, 0.1) is 17.3 Å². The van der Waals surface area contributed by atoms with Crippen molar-refractivity contribution in [3.63, 3.8) is 0 Å². The predicted octanol–water partition coefficient (Wildman–Crippen LogP) is 5.20. The topological polar surface area (TPSA) is 43.7 Å². The first-order valence-electron chi connectivity index (χ1n) is 11.2. The van der Waals surface area contributed by atoms with Crippen LogP contribution in [0.1, 0.15) is 61.6 Å². The van der Waals surface area contributed by atoms with E-state index < -0.39 is 5.60 Å². The van der Waals surface area contributed by atoms with E-state index in [1.807, 2.05) is 12.1 Å². The number of rotatable bonds is 2. The van der Waals surface area contributed by atoms with Gasteiger partial charge in [-0.05, 0) is 97.2 Å². The predicted molar refractivity (Wildman–Crippen MR) is 117 cm³/mol. The zero-order valence-electron chi connectivity index (χ0n) is 17.9. The van der Waals surface area contributed by atoms with Crippen LogP contribution in [0.4, 0.5) is 5.69 Å². The molecule has 5 rings (SSSR count). The van der Waals surface area contributed by atoms with Crippen LogP contribution in [-0.4, -0.2) is 24.3 Å². The molecule has 5 atom stereocenters. The molecule has 0 radical (unpaired) electrons. The third-order valence-electron chi connectivity index (χ3n) is 8.72. The normalized spacial score (nSPS) is 35.5. The molecular weight excluding hydrogens is 358 g/mol. The third-order valence-corrected chi connectivity index (χ3v) is 8.72. The molecule has 2 aromatic carbocycles. The Hall–Kier alpha value is -2.00. The van der Waals surface area contributed by atoms with Gasteiger partial charge in [-0.3, -0.25) is 0 Å². The number of aromatic hydroxyl groups is 1. The van der Waals surface area contributed by atoms with Gasteiger partial charge in [-0.1, -0.05) is 25.1 Å². The molecular formula is C26H33NO2. The molecule has 29 heavy (non-hydrogen) atoms. The number of phenols is 1. The molecule has 0 saturated heterocycles. The van der Waals surface area contributed by atoms with Crippen LogP contribution in [-0.2, 0) is 12.0 Å². The van der Waals surface area contributed by atoms with Gasteiger partial charge in [0.1, 0.15) is 5.75 Å². The summed E-state index contributed by atoms with van der Waals surface area (Å²) < 4.78 is 0. The first-order chi connectivity index (χ1) is 13.8. The second-order valence-electron chi connectivity index (χ2n) is 10.1. The van der Waals surface area contributed by atoms with Crippen LogP contribution in [0.3, 0.4) is 0 Å². The molecule has 2 fully saturated rings. The van der Waals surface area contributed by atoms with Crippen LogP contribution >= 0.6 is 0 Å². The molecule has 3 aliphatic carbocycles. The molecule has 0 unspecified atom stereocenters. The zero-order chi connectivity index (χ0) is 20.4. The molecule has 3 heteroatoms. The van der Waals surface area contributed by atoms with Crippen molar-refractivity contribution in [1.82, 2.24) is 0 Å². The molecule has 2 N–H and O–H groups in total. The van der Waals surface area contributed by atoms with Gasteiger partial charge < -0.3 is 15.1 Å². The summed E-state index contributed by atoms with van der Waals surface area (Å²) in [6.07, 6.45) is 6.39. The van der Waals surface area contributed by atoms with Gasteiger partial charge in [0.15, 0.2) is 0 Å². The van der Waals surface area contributed by atoms with Crippen molar-refractivity contribution in [3.05, 3.63) is 59.2 Å². The highest BCUT2D eigenvalue weighted by molar-refractivity contribution is 5.48. The molecule has 3 nitrogen and oxygen atoms in total. The van der Waals surface area contributed by atoms with Crippen LogP contribution in [0.25, 0.3) is 0 Å². The minimum Gasteiger partial charge on any atom is -0.508 e. The molecule has 2 saturated carbocycles. The number of nitrogens with zero attached hydrogens (tertiary/aromatic N) is 1. The Balaban J connectivity index is 1.48. The Morgan fingerprint density at radius 3 is 2.45 bits per heavy atom. The lowest BCUT2D eigenvalue weighted by molar-refractivity contribution is -0.108. The molecule has 0 heterocycles. The van der Waals surface area contributed by atoms with E-state index in [4.69, 9.17) is 0 Å². The first-order valence-corrected chi connectivity index (χ1v) is 11.2. The lowest BCUT2D eigenvalue weighted by atomic mass is 9.52. The highest BCUT2D eigenvalue weighted by Crippen LogP contribution is 2.67. The van der Waals surface area contributed by atoms with E-state index in [1.165, 1.54) is 23.2 Å². The van der Waals surface area contributed by atoms with Crippen molar-refractivity contribution in [1.29, 1.82) is 0 Å². The van der Waals surface area contributed by atoms with Gasteiger partial charge >= 0.3 is 0 Å². The van der Waals surface area contributed by atoms with E-state index in [2.05, 4.69) is 56.3 Å². The number of hydrogen-bond acceptors (Lipinski definition) is 3. The standard InChI is InChI=1S/C26H33NO2/c1-25-14-12-22-21-11-9-20(28)16-17(21)4-10-23(22)24(25)13-15-26(25,29)18-5-7-19(8-6-18)27(2)3/h5-9,11,16,22-24,28-29H,4,10,12-15H2,1-3H3/t22-,23-,24+,25+,26-/m1/s1. The molecule has 0 aliphatic heterocycles. The summed E-state index contributed by atoms with van der Waals surface area (Å²) in [4.78, 5) is 2.11. The van der Waals surface area contributed by atoms with Crippen molar-refractivity contribution in [2.45, 2.75) is 57.0 Å². The van der Waals surface area contributed by atoms with Gasteiger partial charge in [-0.2, -0.15) is 0 Å². The zero-order valence-corrected chi connectivity index (χ0v) is 17.9. The lowest BCUT2D eigenvalue weighted by Gasteiger charge is -2.53. The molecule has 3 aliphatic rings. The summed E-state index contributed by atoms with van der Waals surface area (Å²) >= 11 is 0. The van der Waals surface area contributed by atoms with Gasteiger partial charge in [-0.15, -0.1) is 0 Å². The van der Waals surface area contributed by atoms with Crippen LogP contribution in [0.5, 0.6) is 5.75 Å². The number of fused-ring (bicyclic) bond motifs is 5. The van der Waals surface area contributed by atoms with Gasteiger partial charge in [0.25, 0.3) is 0 Å². The van der Waals surface area contributed by atoms with Crippen molar-refractivity contribution in [2.75, 3.05) is 19.0 Å². The summed E-state index contributed by atoms with van der Waals surface area (Å²) in [6, 6.07) is 14.5. The van der Waals surface area contributed by atoms with Crippen molar-refractivity contribution in [2.24, 2.45) is 17.3 Å². The lowest BCUT2D eigenvalue weighted by Crippen LogP contribution is -2.49. The van der Waals surface area contributed by atoms with E-state index in [9.17, 15) is 10.2 Å². The van der Waals surface area contributed by atoms with Crippen LogP contribution in [0.15, 0.2) is 42.5 Å². The summed E-state index contributed by atoms with van der Waals surface area (Å²) in [6.45, 7) is 2.35. The maximum Gasteiger partial charge on any atom is 0.115 e. The van der Waals surface area contributed by atoms with E-state index in [0.717, 1.165) is 37.7 Å². The smallest absolute Gasteiger partial charge is 0.115 e. The van der Waals surface area contributed by atoms with Gasteiger partial charge in [0, 0.05) is 25.2 Å². The number of aryl methyl sites for hydroxylation is 1. The SMILES string of the molecule is CN(C)c1ccc([C@]2(O)CC[C@H]3[C@@H]4CCc5cc(O)ccc5[C@H]4CC[C@@]32C)cc1. The minimum atomic E-state index is -0.733. The van der Waals surface area contributed by atoms with Crippen molar-refractivity contribution < 1.29 is 10.2 Å². The Kier molecular flexibility index (Phi) is 4.26. The molecule has 154 valence electrons. The Morgan fingerprint density at radius 1 is 0.966 bits per heavy atom. The van der Waals surface area contributed by atoms with Crippen molar-refractivity contribution in [3.8, 4) is 5.75 Å². The molecule has 0 bridgehead atoms. The van der Waals surface area contributed by atoms with E-state index in [0.29, 0.717) is 23.5 Å². The van der Waals surface area contributed by atoms with Crippen LogP contribution in [0.2, 0.25) is 0 Å². The van der Waals surface area contributed by atoms with Crippen molar-refractivity contribution >= 4 is 5.69 Å². The third kappa shape index (κ3) is 2.66. The monoisotopic (exact) mass is 391 g/mol. The Labute approximate surface area is 174 Å². The fraction of sp³-hybridized carbons (Fsp3) is 0.538. The maximum atomic E-state index is 12.0. The second-order valence-corrected chi connectivity index (χ2v) is 10.1. The largest absolute Gasteiger partial charge is 0.508 e. The van der Waals surface area contributed by atoms with Gasteiger partial charge in [0.2, 0.25) is 0 Å². The van der Waals surface area contributed by atoms with Gasteiger partial charge in [-0.25, -0.2) is 0 Å². The summed E-state index contributed by atoms with van der Waals surface area (Å²) in [5.41, 5.74) is 4.25. The Bertz CT molecular complexity index is 921. The summed E-state index contributed by atoms with van der Waals surface area (Å²) in [5.74, 6) is 2.16. The summed E-state index contributed by atoms with van der Waals surface area (Å²) in [7, 11) is 4.11. The maximum absolute atomic E-state index is 12.0. The number of phenolic OH excluding ortho intramolecular Hbond substituents is 1. The number of anilines is 1. The average Bonchev–Trinajstić information content (AvgIpc) is 2.99. The number of hydrogen-bond donors (Lipinski definition) is 2. The van der Waals surface area contributed by atoms with E-state index >= 15 is 0 Å². The fourth-order valence-electron chi connectivity index (χ4n) is 7.09. The molecule has 0 amide bonds. The molecule has 0 spiro atoms. The fourth-order valence-corrected chi connectivity index (χ4v) is 7.09. The van der Waals surface area contributed by atoms with Gasteiger partial charge in [0.05, 0.1) is 5.60 Å². The number of benzene rings is 2. The molecule has 2 aromatic rings. The Morgan fingerprint density at radius 2 is 1.72 bits per heavy atom. The summed E-state index contributed by atoms with van der Waals surface area (Å²) in [5, 5.41) is 21.9. The van der Waals surface area contributed by atoms with Crippen LogP contribution < -0.4 is 4.90 Å². The number of aliphatic hydroxyl groups is 1. The second kappa shape index (κ2) is 6.50. The average molecular weight is 392 g/mol. The minimum absolute atomic E-state index is 0.0672. The van der Waals surface area contributed by atoms with E-state index in [-0.39, 0.29) is 5.41 Å².